The Morgan fingerprint density at radius 2 is 1.93 bits per heavy atom. The highest BCUT2D eigenvalue weighted by molar-refractivity contribution is 14.0. The quantitative estimate of drug-likeness (QED) is 0.351. The number of pyridine rings is 1. The molecule has 1 aliphatic heterocycles. The molecule has 0 atom stereocenters. The van der Waals surface area contributed by atoms with Gasteiger partial charge in [-0.05, 0) is 52.2 Å². The van der Waals surface area contributed by atoms with Crippen molar-refractivity contribution in [2.75, 3.05) is 38.1 Å². The monoisotopic (exact) mass is 488 g/mol. The van der Waals surface area contributed by atoms with E-state index in [9.17, 15) is 0 Å². The van der Waals surface area contributed by atoms with Crippen molar-refractivity contribution in [3.63, 3.8) is 0 Å². The lowest BCUT2D eigenvalue weighted by Crippen LogP contribution is -2.49. The Balaban J connectivity index is 0.00000364. The van der Waals surface area contributed by atoms with Gasteiger partial charge in [0.15, 0.2) is 5.96 Å². The molecule has 6 nitrogen and oxygen atoms in total. The summed E-state index contributed by atoms with van der Waals surface area (Å²) in [4.78, 5) is 13.8. The highest BCUT2D eigenvalue weighted by Crippen LogP contribution is 2.13. The van der Waals surface area contributed by atoms with E-state index in [4.69, 9.17) is 0 Å². The molecular formula is C20H37IN6. The van der Waals surface area contributed by atoms with Crippen molar-refractivity contribution < 1.29 is 0 Å². The highest BCUT2D eigenvalue weighted by Gasteiger charge is 2.21. The third-order valence-corrected chi connectivity index (χ3v) is 5.18. The molecule has 0 bridgehead atoms. The normalized spacial score (nSPS) is 16.1. The van der Waals surface area contributed by atoms with E-state index in [0.717, 1.165) is 44.5 Å². The van der Waals surface area contributed by atoms with Crippen LogP contribution in [0.2, 0.25) is 0 Å². The number of hydrogen-bond donors (Lipinski definition) is 2. The molecule has 0 saturated carbocycles. The summed E-state index contributed by atoms with van der Waals surface area (Å²) in [6.45, 7) is 13.9. The summed E-state index contributed by atoms with van der Waals surface area (Å²) < 4.78 is 0. The molecule has 0 amide bonds. The molecule has 1 aromatic rings. The van der Waals surface area contributed by atoms with Crippen LogP contribution >= 0.6 is 24.0 Å². The maximum absolute atomic E-state index is 4.59. The van der Waals surface area contributed by atoms with E-state index in [2.05, 4.69) is 70.2 Å². The number of anilines is 1. The van der Waals surface area contributed by atoms with Crippen LogP contribution in [0.25, 0.3) is 0 Å². The third-order valence-electron chi connectivity index (χ3n) is 5.18. The standard InChI is InChI=1S/C20H36N6.HI/c1-6-25(7-2)19-9-8-17(14-22-19)15-23-20(21-5)24-18-10-12-26(13-11-18)16(3)4;/h8-9,14,16,18H,6-7,10-13,15H2,1-5H3,(H2,21,23,24);1H. The van der Waals surface area contributed by atoms with E-state index in [1.807, 2.05) is 13.2 Å². The summed E-state index contributed by atoms with van der Waals surface area (Å²) in [5.74, 6) is 1.92. The predicted molar refractivity (Wildman–Crippen MR) is 126 cm³/mol. The van der Waals surface area contributed by atoms with E-state index in [-0.39, 0.29) is 24.0 Å². The van der Waals surface area contributed by atoms with Crippen LogP contribution < -0.4 is 15.5 Å². The van der Waals surface area contributed by atoms with Gasteiger partial charge in [-0.2, -0.15) is 0 Å². The molecule has 2 N–H and O–H groups in total. The van der Waals surface area contributed by atoms with Gasteiger partial charge in [0, 0.05) is 58.1 Å². The largest absolute Gasteiger partial charge is 0.357 e. The first-order valence-corrected chi connectivity index (χ1v) is 9.98. The lowest BCUT2D eigenvalue weighted by atomic mass is 10.0. The topological polar surface area (TPSA) is 55.8 Å². The zero-order chi connectivity index (χ0) is 18.9. The van der Waals surface area contributed by atoms with Gasteiger partial charge < -0.3 is 20.4 Å². The predicted octanol–water partition coefficient (Wildman–Crippen LogP) is 3.08. The third kappa shape index (κ3) is 7.44. The Hall–Kier alpha value is -1.09. The zero-order valence-corrected chi connectivity index (χ0v) is 19.9. The van der Waals surface area contributed by atoms with Crippen molar-refractivity contribution in [1.82, 2.24) is 20.5 Å². The Bertz CT molecular complexity index is 548. The van der Waals surface area contributed by atoms with Crippen LogP contribution in [-0.4, -0.2) is 61.2 Å². The van der Waals surface area contributed by atoms with E-state index >= 15 is 0 Å². The van der Waals surface area contributed by atoms with Gasteiger partial charge >= 0.3 is 0 Å². The molecule has 2 heterocycles. The minimum atomic E-state index is 0. The first-order valence-electron chi connectivity index (χ1n) is 9.98. The molecular weight excluding hydrogens is 451 g/mol. The Morgan fingerprint density at radius 1 is 1.26 bits per heavy atom. The summed E-state index contributed by atoms with van der Waals surface area (Å²) >= 11 is 0. The molecule has 1 aliphatic rings. The first kappa shape index (κ1) is 23.9. The lowest BCUT2D eigenvalue weighted by molar-refractivity contribution is 0.167. The average Bonchev–Trinajstić information content (AvgIpc) is 2.67. The number of guanidine groups is 1. The molecule has 1 aromatic heterocycles. The van der Waals surface area contributed by atoms with E-state index in [1.165, 1.54) is 18.4 Å². The second-order valence-electron chi connectivity index (χ2n) is 7.17. The van der Waals surface area contributed by atoms with Crippen LogP contribution in [0.5, 0.6) is 0 Å². The van der Waals surface area contributed by atoms with Gasteiger partial charge in [0.25, 0.3) is 0 Å². The number of piperidine rings is 1. The van der Waals surface area contributed by atoms with Crippen molar-refractivity contribution in [1.29, 1.82) is 0 Å². The second-order valence-corrected chi connectivity index (χ2v) is 7.17. The van der Waals surface area contributed by atoms with E-state index < -0.39 is 0 Å². The minimum absolute atomic E-state index is 0. The van der Waals surface area contributed by atoms with Crippen molar-refractivity contribution in [3.8, 4) is 0 Å². The van der Waals surface area contributed by atoms with Crippen LogP contribution in [-0.2, 0) is 6.54 Å². The average molecular weight is 488 g/mol. The number of aliphatic imine (C=N–C) groups is 1. The number of likely N-dealkylation sites (tertiary alicyclic amines) is 1. The number of hydrogen-bond acceptors (Lipinski definition) is 4. The van der Waals surface area contributed by atoms with E-state index in [1.54, 1.807) is 0 Å². The van der Waals surface area contributed by atoms with Crippen LogP contribution in [0, 0.1) is 0 Å². The number of halogens is 1. The smallest absolute Gasteiger partial charge is 0.191 e. The fraction of sp³-hybridized carbons (Fsp3) is 0.700. The van der Waals surface area contributed by atoms with Crippen molar-refractivity contribution >= 4 is 35.8 Å². The van der Waals surface area contributed by atoms with E-state index in [0.29, 0.717) is 12.1 Å². The molecule has 2 rings (SSSR count). The minimum Gasteiger partial charge on any atom is -0.357 e. The lowest BCUT2D eigenvalue weighted by Gasteiger charge is -2.35. The van der Waals surface area contributed by atoms with Crippen LogP contribution in [0.3, 0.4) is 0 Å². The van der Waals surface area contributed by atoms with Gasteiger partial charge in [-0.1, -0.05) is 6.07 Å². The van der Waals surface area contributed by atoms with Crippen LogP contribution in [0.15, 0.2) is 23.3 Å². The van der Waals surface area contributed by atoms with Gasteiger partial charge in [-0.15, -0.1) is 24.0 Å². The maximum Gasteiger partial charge on any atom is 0.191 e. The fourth-order valence-corrected chi connectivity index (χ4v) is 3.39. The molecule has 0 unspecified atom stereocenters. The van der Waals surface area contributed by atoms with Gasteiger partial charge in [-0.3, -0.25) is 4.99 Å². The summed E-state index contributed by atoms with van der Waals surface area (Å²) in [6.07, 6.45) is 4.28. The molecule has 1 saturated heterocycles. The summed E-state index contributed by atoms with van der Waals surface area (Å²) in [5.41, 5.74) is 1.17. The Morgan fingerprint density at radius 3 is 2.41 bits per heavy atom. The SMILES string of the molecule is CCN(CC)c1ccc(CNC(=NC)NC2CCN(C(C)C)CC2)cn1.I. The van der Waals surface area contributed by atoms with Crippen LogP contribution in [0.1, 0.15) is 46.1 Å². The van der Waals surface area contributed by atoms with Gasteiger partial charge in [-0.25, -0.2) is 4.98 Å². The number of nitrogens with one attached hydrogen (secondary N) is 2. The number of aromatic nitrogens is 1. The highest BCUT2D eigenvalue weighted by atomic mass is 127. The Labute approximate surface area is 182 Å². The maximum atomic E-state index is 4.59. The molecule has 0 aromatic carbocycles. The molecule has 7 heteroatoms. The summed E-state index contributed by atoms with van der Waals surface area (Å²) in [6, 6.07) is 5.38. The Kier molecular flexibility index (Phi) is 11.0. The zero-order valence-electron chi connectivity index (χ0n) is 17.5. The first-order chi connectivity index (χ1) is 12.6. The van der Waals surface area contributed by atoms with Crippen molar-refractivity contribution in [2.24, 2.45) is 4.99 Å². The van der Waals surface area contributed by atoms with Gasteiger partial charge in [0.2, 0.25) is 0 Å². The molecule has 0 radical (unpaired) electrons. The number of nitrogens with zero attached hydrogens (tertiary/aromatic N) is 4. The summed E-state index contributed by atoms with van der Waals surface area (Å²) in [5, 5.41) is 6.98. The molecule has 0 aliphatic carbocycles. The van der Waals surface area contributed by atoms with Gasteiger partial charge in [0.05, 0.1) is 0 Å². The molecule has 154 valence electrons. The summed E-state index contributed by atoms with van der Waals surface area (Å²) in [7, 11) is 1.83. The second kappa shape index (κ2) is 12.4. The molecule has 0 spiro atoms. The van der Waals surface area contributed by atoms with Crippen molar-refractivity contribution in [3.05, 3.63) is 23.9 Å². The van der Waals surface area contributed by atoms with Crippen molar-refractivity contribution in [2.45, 2.75) is 59.2 Å². The van der Waals surface area contributed by atoms with Crippen LogP contribution in [0.4, 0.5) is 5.82 Å². The molecule has 1 fully saturated rings. The number of rotatable bonds is 7. The van der Waals surface area contributed by atoms with Gasteiger partial charge in [0.1, 0.15) is 5.82 Å². The molecule has 27 heavy (non-hydrogen) atoms. The fourth-order valence-electron chi connectivity index (χ4n) is 3.39.